The van der Waals surface area contributed by atoms with Crippen LogP contribution in [0.2, 0.25) is 0 Å². The lowest BCUT2D eigenvalue weighted by atomic mass is 9.95. The van der Waals surface area contributed by atoms with Crippen molar-refractivity contribution in [1.29, 1.82) is 0 Å². The second kappa shape index (κ2) is 9.59. The van der Waals surface area contributed by atoms with E-state index in [-0.39, 0.29) is 0 Å². The van der Waals surface area contributed by atoms with Crippen molar-refractivity contribution in [2.45, 2.75) is 0 Å². The summed E-state index contributed by atoms with van der Waals surface area (Å²) in [5.41, 5.74) is 6.38. The molecule has 2 aromatic heterocycles. The van der Waals surface area contributed by atoms with Crippen LogP contribution < -0.4 is 0 Å². The molecular weight excluding hydrogens is 541 g/mol. The minimum Gasteiger partial charge on any atom is -0.228 e. The molecule has 0 atom stereocenters. The number of thiophene rings is 1. The summed E-state index contributed by atoms with van der Waals surface area (Å²) in [6, 6.07) is 51.9. The maximum atomic E-state index is 5.32. The third-order valence-electron chi connectivity index (χ3n) is 8.44. The highest BCUT2D eigenvalue weighted by molar-refractivity contribution is 7.25. The molecule has 0 aliphatic rings. The Morgan fingerprint density at radius 2 is 1.09 bits per heavy atom. The summed E-state index contributed by atoms with van der Waals surface area (Å²) in [4.78, 5) is 10.5. The maximum Gasteiger partial charge on any atom is 0.161 e. The van der Waals surface area contributed by atoms with Gasteiger partial charge in [-0.2, -0.15) is 0 Å². The third-order valence-corrected chi connectivity index (χ3v) is 9.58. The number of aromatic nitrogens is 2. The van der Waals surface area contributed by atoms with Crippen LogP contribution in [-0.2, 0) is 0 Å². The van der Waals surface area contributed by atoms with E-state index in [4.69, 9.17) is 9.97 Å². The lowest BCUT2D eigenvalue weighted by Gasteiger charge is -2.14. The number of hydrogen-bond acceptors (Lipinski definition) is 3. The van der Waals surface area contributed by atoms with Gasteiger partial charge in [0.1, 0.15) is 0 Å². The zero-order valence-electron chi connectivity index (χ0n) is 23.2. The van der Waals surface area contributed by atoms with Crippen LogP contribution >= 0.6 is 11.3 Å². The first kappa shape index (κ1) is 24.2. The van der Waals surface area contributed by atoms with Crippen molar-refractivity contribution in [1.82, 2.24) is 9.97 Å². The van der Waals surface area contributed by atoms with Gasteiger partial charge >= 0.3 is 0 Å². The molecule has 0 spiro atoms. The van der Waals surface area contributed by atoms with Gasteiger partial charge in [-0.1, -0.05) is 109 Å². The van der Waals surface area contributed by atoms with E-state index in [1.807, 2.05) is 11.3 Å². The highest BCUT2D eigenvalue weighted by Crippen LogP contribution is 2.41. The maximum absolute atomic E-state index is 5.32. The van der Waals surface area contributed by atoms with Crippen molar-refractivity contribution in [3.8, 4) is 33.8 Å². The number of rotatable bonds is 3. The highest BCUT2D eigenvalue weighted by Gasteiger charge is 2.17. The molecule has 2 heterocycles. The average molecular weight is 565 g/mol. The van der Waals surface area contributed by atoms with Gasteiger partial charge in [-0.25, -0.2) is 9.97 Å². The summed E-state index contributed by atoms with van der Waals surface area (Å²) in [5, 5.41) is 8.52. The number of para-hydroxylation sites is 1. The summed E-state index contributed by atoms with van der Waals surface area (Å²) in [6.07, 6.45) is 0. The van der Waals surface area contributed by atoms with Crippen molar-refractivity contribution < 1.29 is 0 Å². The van der Waals surface area contributed by atoms with E-state index >= 15 is 0 Å². The smallest absolute Gasteiger partial charge is 0.161 e. The molecule has 9 rings (SSSR count). The second-order valence-corrected chi connectivity index (χ2v) is 12.1. The van der Waals surface area contributed by atoms with Gasteiger partial charge in [0.25, 0.3) is 0 Å². The van der Waals surface area contributed by atoms with Gasteiger partial charge in [0.15, 0.2) is 5.82 Å². The van der Waals surface area contributed by atoms with Gasteiger partial charge in [-0.3, -0.25) is 0 Å². The van der Waals surface area contributed by atoms with E-state index in [0.29, 0.717) is 0 Å². The number of hydrogen-bond donors (Lipinski definition) is 0. The molecule has 0 N–H and O–H groups in total. The molecule has 9 aromatic rings. The molecule has 2 nitrogen and oxygen atoms in total. The van der Waals surface area contributed by atoms with Gasteiger partial charge in [0, 0.05) is 36.7 Å². The van der Waals surface area contributed by atoms with E-state index in [1.165, 1.54) is 47.5 Å². The Bertz CT molecular complexity index is 2510. The molecule has 7 aromatic carbocycles. The van der Waals surface area contributed by atoms with Crippen LogP contribution in [0.15, 0.2) is 146 Å². The Morgan fingerprint density at radius 3 is 1.98 bits per heavy atom. The molecule has 0 aliphatic heterocycles. The summed E-state index contributed by atoms with van der Waals surface area (Å²) in [6.45, 7) is 0. The Labute approximate surface area is 252 Å². The molecule has 0 amide bonds. The number of nitrogens with zero attached hydrogens (tertiary/aromatic N) is 2. The van der Waals surface area contributed by atoms with Crippen LogP contribution in [0, 0.1) is 0 Å². The second-order valence-electron chi connectivity index (χ2n) is 11.0. The summed E-state index contributed by atoms with van der Waals surface area (Å²) < 4.78 is 2.62. The predicted octanol–water partition coefficient (Wildman–Crippen LogP) is 11.3. The van der Waals surface area contributed by atoms with E-state index in [2.05, 4.69) is 146 Å². The quantitative estimate of drug-likeness (QED) is 0.199. The van der Waals surface area contributed by atoms with Crippen LogP contribution in [0.3, 0.4) is 0 Å². The van der Waals surface area contributed by atoms with E-state index < -0.39 is 0 Å². The lowest BCUT2D eigenvalue weighted by molar-refractivity contribution is 1.24. The highest BCUT2D eigenvalue weighted by atomic mass is 32.1. The Kier molecular flexibility index (Phi) is 5.40. The SMILES string of the molecule is c1ccc(-c2cccc(-c3nc(-c4cc5cc6sc7ccccc7c6cc5c5ccccc45)nc4ccccc34)c2)cc1. The van der Waals surface area contributed by atoms with Crippen molar-refractivity contribution >= 4 is 64.0 Å². The summed E-state index contributed by atoms with van der Waals surface area (Å²) in [5.74, 6) is 0.744. The van der Waals surface area contributed by atoms with E-state index in [9.17, 15) is 0 Å². The summed E-state index contributed by atoms with van der Waals surface area (Å²) >= 11 is 1.85. The molecule has 0 aliphatic carbocycles. The molecule has 0 saturated heterocycles. The molecule has 200 valence electrons. The largest absolute Gasteiger partial charge is 0.228 e. The Balaban J connectivity index is 1.31. The van der Waals surface area contributed by atoms with Crippen LogP contribution in [0.25, 0.3) is 86.4 Å². The fraction of sp³-hybridized carbons (Fsp3) is 0. The van der Waals surface area contributed by atoms with Gasteiger partial charge in [-0.05, 0) is 69.1 Å². The number of fused-ring (bicyclic) bond motifs is 7. The first-order valence-electron chi connectivity index (χ1n) is 14.5. The molecule has 0 unspecified atom stereocenters. The average Bonchev–Trinajstić information content (AvgIpc) is 3.44. The van der Waals surface area contributed by atoms with Crippen LogP contribution in [0.4, 0.5) is 0 Å². The molecule has 0 bridgehead atoms. The molecule has 0 saturated carbocycles. The van der Waals surface area contributed by atoms with Crippen molar-refractivity contribution in [3.63, 3.8) is 0 Å². The number of benzene rings is 7. The monoisotopic (exact) mass is 564 g/mol. The zero-order valence-corrected chi connectivity index (χ0v) is 24.0. The Hall–Kier alpha value is -5.38. The molecule has 0 radical (unpaired) electrons. The van der Waals surface area contributed by atoms with Crippen molar-refractivity contribution in [2.24, 2.45) is 0 Å². The normalized spacial score (nSPS) is 11.7. The first-order chi connectivity index (χ1) is 21.3. The molecule has 0 fully saturated rings. The van der Waals surface area contributed by atoms with E-state index in [1.54, 1.807) is 0 Å². The summed E-state index contributed by atoms with van der Waals surface area (Å²) in [7, 11) is 0. The molecular formula is C40H24N2S. The standard InChI is InChI=1S/C40H24N2S/c1-2-11-25(12-3-1)26-13-10-14-27(21-26)39-32-18-6-8-19-36(32)41-40(42-39)35-22-28-23-38-34(31-17-7-9-20-37(31)43-38)24-33(28)29-15-4-5-16-30(29)35/h1-24H. The van der Waals surface area contributed by atoms with Gasteiger partial charge in [0.05, 0.1) is 11.2 Å². The zero-order chi connectivity index (χ0) is 28.3. The Morgan fingerprint density at radius 1 is 0.395 bits per heavy atom. The lowest BCUT2D eigenvalue weighted by Crippen LogP contribution is -1.96. The van der Waals surface area contributed by atoms with Gasteiger partial charge in [-0.15, -0.1) is 11.3 Å². The van der Waals surface area contributed by atoms with Crippen LogP contribution in [0.5, 0.6) is 0 Å². The third kappa shape index (κ3) is 3.93. The first-order valence-corrected chi connectivity index (χ1v) is 15.3. The predicted molar refractivity (Wildman–Crippen MR) is 184 cm³/mol. The van der Waals surface area contributed by atoms with Gasteiger partial charge in [0.2, 0.25) is 0 Å². The van der Waals surface area contributed by atoms with Crippen LogP contribution in [-0.4, -0.2) is 9.97 Å². The molecule has 3 heteroatoms. The fourth-order valence-corrected chi connectivity index (χ4v) is 7.54. The molecule has 43 heavy (non-hydrogen) atoms. The topological polar surface area (TPSA) is 25.8 Å². The van der Waals surface area contributed by atoms with Crippen molar-refractivity contribution in [3.05, 3.63) is 146 Å². The van der Waals surface area contributed by atoms with E-state index in [0.717, 1.165) is 38.9 Å². The van der Waals surface area contributed by atoms with Crippen molar-refractivity contribution in [2.75, 3.05) is 0 Å². The minimum atomic E-state index is 0.744. The fourth-order valence-electron chi connectivity index (χ4n) is 6.40. The van der Waals surface area contributed by atoms with Crippen LogP contribution in [0.1, 0.15) is 0 Å². The minimum absolute atomic E-state index is 0.744. The van der Waals surface area contributed by atoms with Gasteiger partial charge < -0.3 is 0 Å².